The number of rotatable bonds is 3. The fourth-order valence-electron chi connectivity index (χ4n) is 1.75. The van der Waals surface area contributed by atoms with Gasteiger partial charge in [0.2, 0.25) is 5.95 Å². The standard InChI is InChI=1S/C13H11FN4S/c1-15-13-17-11(8-6-7-19-12(8)18-13)16-10-5-3-2-4-9(10)14/h2-7H,1H3,(H2,15,16,17,18). The smallest absolute Gasteiger partial charge is 0.225 e. The summed E-state index contributed by atoms with van der Waals surface area (Å²) in [6.45, 7) is 0. The van der Waals surface area contributed by atoms with Gasteiger partial charge in [0.15, 0.2) is 0 Å². The molecule has 0 aliphatic heterocycles. The van der Waals surface area contributed by atoms with Gasteiger partial charge in [-0.1, -0.05) is 12.1 Å². The Morgan fingerprint density at radius 2 is 2.00 bits per heavy atom. The number of fused-ring (bicyclic) bond motifs is 1. The van der Waals surface area contributed by atoms with Crippen LogP contribution in [0.25, 0.3) is 10.2 Å². The van der Waals surface area contributed by atoms with Gasteiger partial charge in [0, 0.05) is 7.05 Å². The van der Waals surface area contributed by atoms with E-state index in [0.717, 1.165) is 10.2 Å². The zero-order valence-corrected chi connectivity index (χ0v) is 11.0. The van der Waals surface area contributed by atoms with Gasteiger partial charge in [-0.2, -0.15) is 4.98 Å². The molecule has 3 aromatic rings. The number of nitrogens with zero attached hydrogens (tertiary/aromatic N) is 2. The summed E-state index contributed by atoms with van der Waals surface area (Å²) < 4.78 is 13.7. The van der Waals surface area contributed by atoms with Crippen LogP contribution in [-0.4, -0.2) is 17.0 Å². The molecule has 0 fully saturated rings. The molecule has 6 heteroatoms. The third kappa shape index (κ3) is 2.22. The second kappa shape index (κ2) is 4.81. The van der Waals surface area contributed by atoms with E-state index >= 15 is 0 Å². The molecule has 3 rings (SSSR count). The molecular weight excluding hydrogens is 263 g/mol. The number of aromatic nitrogens is 2. The third-order valence-electron chi connectivity index (χ3n) is 2.68. The maximum atomic E-state index is 13.7. The van der Waals surface area contributed by atoms with Crippen LogP contribution >= 0.6 is 11.3 Å². The Morgan fingerprint density at radius 3 is 2.79 bits per heavy atom. The molecule has 0 spiro atoms. The van der Waals surface area contributed by atoms with E-state index in [2.05, 4.69) is 20.6 Å². The predicted molar refractivity (Wildman–Crippen MR) is 76.6 cm³/mol. The first kappa shape index (κ1) is 11.9. The van der Waals surface area contributed by atoms with Crippen LogP contribution < -0.4 is 10.6 Å². The Labute approximate surface area is 113 Å². The van der Waals surface area contributed by atoms with Gasteiger partial charge in [-0.15, -0.1) is 11.3 Å². The van der Waals surface area contributed by atoms with E-state index in [4.69, 9.17) is 0 Å². The number of benzene rings is 1. The van der Waals surface area contributed by atoms with Crippen molar-refractivity contribution in [3.05, 3.63) is 41.5 Å². The zero-order valence-electron chi connectivity index (χ0n) is 10.1. The van der Waals surface area contributed by atoms with Crippen LogP contribution in [0, 0.1) is 5.82 Å². The number of nitrogens with one attached hydrogen (secondary N) is 2. The van der Waals surface area contributed by atoms with Crippen LogP contribution in [0.2, 0.25) is 0 Å². The average Bonchev–Trinajstić information content (AvgIpc) is 2.89. The lowest BCUT2D eigenvalue weighted by molar-refractivity contribution is 0.632. The SMILES string of the molecule is CNc1nc(Nc2ccccc2F)c2ccsc2n1. The van der Waals surface area contributed by atoms with Crippen molar-refractivity contribution in [3.63, 3.8) is 0 Å². The van der Waals surface area contributed by atoms with Crippen LogP contribution in [0.4, 0.5) is 21.8 Å². The predicted octanol–water partition coefficient (Wildman–Crippen LogP) is 3.62. The summed E-state index contributed by atoms with van der Waals surface area (Å²) in [5.74, 6) is 0.796. The molecule has 4 nitrogen and oxygen atoms in total. The molecular formula is C13H11FN4S. The van der Waals surface area contributed by atoms with Crippen LogP contribution in [0.1, 0.15) is 0 Å². The van der Waals surface area contributed by atoms with E-state index in [9.17, 15) is 4.39 Å². The molecule has 96 valence electrons. The first-order chi connectivity index (χ1) is 9.28. The van der Waals surface area contributed by atoms with Crippen LogP contribution in [0.5, 0.6) is 0 Å². The van der Waals surface area contributed by atoms with E-state index in [1.807, 2.05) is 11.4 Å². The monoisotopic (exact) mass is 274 g/mol. The van der Waals surface area contributed by atoms with Gasteiger partial charge in [-0.05, 0) is 23.6 Å². The molecule has 0 unspecified atom stereocenters. The normalized spacial score (nSPS) is 10.6. The number of thiophene rings is 1. The minimum Gasteiger partial charge on any atom is -0.357 e. The van der Waals surface area contributed by atoms with Crippen molar-refractivity contribution in [3.8, 4) is 0 Å². The molecule has 1 aromatic carbocycles. The number of anilines is 3. The molecule has 2 aromatic heterocycles. The summed E-state index contributed by atoms with van der Waals surface area (Å²) >= 11 is 1.52. The van der Waals surface area contributed by atoms with E-state index in [-0.39, 0.29) is 5.82 Å². The van der Waals surface area contributed by atoms with Crippen molar-refractivity contribution < 1.29 is 4.39 Å². The lowest BCUT2D eigenvalue weighted by Gasteiger charge is -2.09. The highest BCUT2D eigenvalue weighted by molar-refractivity contribution is 7.16. The van der Waals surface area contributed by atoms with Crippen molar-refractivity contribution in [2.45, 2.75) is 0 Å². The van der Waals surface area contributed by atoms with Gasteiger partial charge < -0.3 is 10.6 Å². The maximum Gasteiger partial charge on any atom is 0.225 e. The molecule has 19 heavy (non-hydrogen) atoms. The van der Waals surface area contributed by atoms with E-state index in [1.54, 1.807) is 25.2 Å². The van der Waals surface area contributed by atoms with Crippen molar-refractivity contribution in [2.75, 3.05) is 17.7 Å². The molecule has 2 N–H and O–H groups in total. The van der Waals surface area contributed by atoms with Gasteiger partial charge in [-0.25, -0.2) is 9.37 Å². The van der Waals surface area contributed by atoms with E-state index < -0.39 is 0 Å². The highest BCUT2D eigenvalue weighted by Crippen LogP contribution is 2.29. The molecule has 0 radical (unpaired) electrons. The summed E-state index contributed by atoms with van der Waals surface area (Å²) in [6, 6.07) is 8.43. The van der Waals surface area contributed by atoms with Crippen molar-refractivity contribution in [1.82, 2.24) is 9.97 Å². The number of hydrogen-bond acceptors (Lipinski definition) is 5. The molecule has 0 atom stereocenters. The van der Waals surface area contributed by atoms with Gasteiger partial charge in [-0.3, -0.25) is 0 Å². The molecule has 0 aliphatic carbocycles. The van der Waals surface area contributed by atoms with Gasteiger partial charge in [0.1, 0.15) is 16.5 Å². The summed E-state index contributed by atoms with van der Waals surface area (Å²) in [5.41, 5.74) is 0.399. The lowest BCUT2D eigenvalue weighted by atomic mass is 10.3. The topological polar surface area (TPSA) is 49.8 Å². The average molecular weight is 274 g/mol. The maximum absolute atomic E-state index is 13.7. The Bertz CT molecular complexity index is 725. The number of hydrogen-bond donors (Lipinski definition) is 2. The molecule has 0 saturated heterocycles. The molecule has 0 amide bonds. The molecule has 0 aliphatic rings. The van der Waals surface area contributed by atoms with Gasteiger partial charge in [0.05, 0.1) is 11.1 Å². The fourth-order valence-corrected chi connectivity index (χ4v) is 2.52. The van der Waals surface area contributed by atoms with E-state index in [0.29, 0.717) is 17.5 Å². The minimum absolute atomic E-state index is 0.310. The van der Waals surface area contributed by atoms with Gasteiger partial charge in [0.25, 0.3) is 0 Å². The Balaban J connectivity index is 2.09. The summed E-state index contributed by atoms with van der Waals surface area (Å²) in [6.07, 6.45) is 0. The lowest BCUT2D eigenvalue weighted by Crippen LogP contribution is -2.01. The largest absolute Gasteiger partial charge is 0.357 e. The Kier molecular flexibility index (Phi) is 3.00. The Hall–Kier alpha value is -2.21. The number of halogens is 1. The fraction of sp³-hybridized carbons (Fsp3) is 0.0769. The quantitative estimate of drug-likeness (QED) is 0.766. The second-order valence-electron chi connectivity index (χ2n) is 3.89. The van der Waals surface area contributed by atoms with Crippen LogP contribution in [0.15, 0.2) is 35.7 Å². The Morgan fingerprint density at radius 1 is 1.16 bits per heavy atom. The molecule has 0 bridgehead atoms. The first-order valence-corrected chi connectivity index (χ1v) is 6.60. The summed E-state index contributed by atoms with van der Waals surface area (Å²) in [7, 11) is 1.75. The van der Waals surface area contributed by atoms with E-state index in [1.165, 1.54) is 17.4 Å². The zero-order chi connectivity index (χ0) is 13.2. The highest BCUT2D eigenvalue weighted by atomic mass is 32.1. The number of para-hydroxylation sites is 1. The second-order valence-corrected chi connectivity index (χ2v) is 4.78. The van der Waals surface area contributed by atoms with Crippen molar-refractivity contribution in [2.24, 2.45) is 0 Å². The molecule has 2 heterocycles. The van der Waals surface area contributed by atoms with Gasteiger partial charge >= 0.3 is 0 Å². The molecule has 0 saturated carbocycles. The van der Waals surface area contributed by atoms with Crippen molar-refractivity contribution >= 4 is 39.0 Å². The van der Waals surface area contributed by atoms with Crippen LogP contribution in [-0.2, 0) is 0 Å². The summed E-state index contributed by atoms with van der Waals surface area (Å²) in [4.78, 5) is 9.54. The first-order valence-electron chi connectivity index (χ1n) is 5.72. The van der Waals surface area contributed by atoms with Crippen LogP contribution in [0.3, 0.4) is 0 Å². The third-order valence-corrected chi connectivity index (χ3v) is 3.48. The minimum atomic E-state index is -0.310. The van der Waals surface area contributed by atoms with Crippen molar-refractivity contribution in [1.29, 1.82) is 0 Å². The highest BCUT2D eigenvalue weighted by Gasteiger charge is 2.10. The summed E-state index contributed by atoms with van der Waals surface area (Å²) in [5, 5.41) is 8.73.